The molecular weight excluding hydrogens is 306 g/mol. The van der Waals surface area contributed by atoms with Crippen LogP contribution in [0.4, 0.5) is 5.69 Å². The van der Waals surface area contributed by atoms with Gasteiger partial charge in [0.25, 0.3) is 0 Å². The van der Waals surface area contributed by atoms with Gasteiger partial charge in [-0.25, -0.2) is 0 Å². The minimum atomic E-state index is 0.0989. The molecule has 0 aliphatic carbocycles. The van der Waals surface area contributed by atoms with Crippen LogP contribution in [0.2, 0.25) is 0 Å². The number of rotatable bonds is 1. The van der Waals surface area contributed by atoms with Gasteiger partial charge in [-0.05, 0) is 35.4 Å². The molecular formula is C23H23NO. The first-order valence-electron chi connectivity index (χ1n) is 8.99. The summed E-state index contributed by atoms with van der Waals surface area (Å²) in [5.74, 6) is 0.418. The maximum Gasteiger partial charge on any atom is 0.224 e. The molecule has 0 N–H and O–H groups in total. The van der Waals surface area contributed by atoms with Crippen LogP contribution < -0.4 is 4.90 Å². The highest BCUT2D eigenvalue weighted by Crippen LogP contribution is 2.44. The first-order chi connectivity index (χ1) is 12.1. The lowest BCUT2D eigenvalue weighted by Crippen LogP contribution is -2.28. The van der Waals surface area contributed by atoms with Crippen LogP contribution in [0.5, 0.6) is 0 Å². The predicted molar refractivity (Wildman–Crippen MR) is 104 cm³/mol. The molecule has 2 heteroatoms. The molecule has 126 valence electrons. The first-order valence-corrected chi connectivity index (χ1v) is 8.99. The van der Waals surface area contributed by atoms with Crippen LogP contribution in [0.25, 0.3) is 10.8 Å². The third-order valence-electron chi connectivity index (χ3n) is 5.37. The van der Waals surface area contributed by atoms with Crippen LogP contribution in [-0.4, -0.2) is 5.91 Å². The Balaban J connectivity index is 2.07. The molecule has 1 heterocycles. The van der Waals surface area contributed by atoms with Crippen molar-refractivity contribution >= 4 is 22.4 Å². The number of aryl methyl sites for hydroxylation is 1. The quantitative estimate of drug-likeness (QED) is 0.572. The number of anilines is 1. The predicted octanol–water partition coefficient (Wildman–Crippen LogP) is 5.56. The van der Waals surface area contributed by atoms with Gasteiger partial charge >= 0.3 is 0 Å². The van der Waals surface area contributed by atoms with E-state index in [4.69, 9.17) is 0 Å². The number of fused-ring (bicyclic) bond motifs is 4. The summed E-state index contributed by atoms with van der Waals surface area (Å²) in [4.78, 5) is 14.5. The van der Waals surface area contributed by atoms with E-state index in [1.54, 1.807) is 6.92 Å². The van der Waals surface area contributed by atoms with Crippen molar-refractivity contribution in [1.29, 1.82) is 0 Å². The van der Waals surface area contributed by atoms with Crippen LogP contribution in [0.3, 0.4) is 0 Å². The Morgan fingerprint density at radius 3 is 2.60 bits per heavy atom. The molecule has 0 saturated carbocycles. The fourth-order valence-corrected chi connectivity index (χ4v) is 4.19. The van der Waals surface area contributed by atoms with Gasteiger partial charge in [0.15, 0.2) is 0 Å². The molecule has 0 radical (unpaired) electrons. The molecule has 0 aromatic heterocycles. The molecule has 3 aromatic rings. The fourth-order valence-electron chi connectivity index (χ4n) is 4.19. The Hall–Kier alpha value is -2.61. The molecule has 1 aliphatic heterocycles. The lowest BCUT2D eigenvalue weighted by atomic mass is 9.85. The minimum absolute atomic E-state index is 0.0989. The van der Waals surface area contributed by atoms with Crippen LogP contribution >= 0.6 is 0 Å². The van der Waals surface area contributed by atoms with Crippen molar-refractivity contribution in [1.82, 2.24) is 0 Å². The zero-order valence-corrected chi connectivity index (χ0v) is 15.0. The monoisotopic (exact) mass is 329 g/mol. The second-order valence-corrected chi connectivity index (χ2v) is 6.99. The number of amides is 1. The van der Waals surface area contributed by atoms with E-state index >= 15 is 0 Å². The summed E-state index contributed by atoms with van der Waals surface area (Å²) < 4.78 is 0. The number of carbonyl (C=O) groups excluding carboxylic acids is 1. The van der Waals surface area contributed by atoms with Gasteiger partial charge in [-0.15, -0.1) is 0 Å². The van der Waals surface area contributed by atoms with Crippen molar-refractivity contribution in [3.8, 4) is 0 Å². The summed E-state index contributed by atoms with van der Waals surface area (Å²) in [5.41, 5.74) is 6.22. The number of hydrogen-bond donors (Lipinski definition) is 0. The average molecular weight is 329 g/mol. The second-order valence-electron chi connectivity index (χ2n) is 6.99. The van der Waals surface area contributed by atoms with Crippen molar-refractivity contribution in [2.24, 2.45) is 0 Å². The van der Waals surface area contributed by atoms with E-state index in [0.29, 0.717) is 12.5 Å². The summed E-state index contributed by atoms with van der Waals surface area (Å²) in [6.45, 7) is 6.67. The third-order valence-corrected chi connectivity index (χ3v) is 5.37. The molecule has 3 aromatic carbocycles. The molecule has 1 aliphatic rings. The molecule has 4 rings (SSSR count). The number of benzene rings is 3. The van der Waals surface area contributed by atoms with Crippen LogP contribution in [-0.2, 0) is 11.3 Å². The van der Waals surface area contributed by atoms with Crippen molar-refractivity contribution < 1.29 is 4.79 Å². The van der Waals surface area contributed by atoms with Gasteiger partial charge in [0.05, 0.1) is 12.2 Å². The van der Waals surface area contributed by atoms with Crippen molar-refractivity contribution in [2.45, 2.75) is 39.7 Å². The topological polar surface area (TPSA) is 20.3 Å². The molecule has 1 amide bonds. The van der Waals surface area contributed by atoms with Gasteiger partial charge in [-0.1, -0.05) is 67.1 Å². The molecule has 0 bridgehead atoms. The highest BCUT2D eigenvalue weighted by molar-refractivity contribution is 6.05. The average Bonchev–Trinajstić information content (AvgIpc) is 2.75. The summed E-state index contributed by atoms with van der Waals surface area (Å²) in [7, 11) is 0. The van der Waals surface area contributed by atoms with Gasteiger partial charge in [0, 0.05) is 18.2 Å². The maximum absolute atomic E-state index is 12.6. The van der Waals surface area contributed by atoms with Crippen LogP contribution in [0.1, 0.15) is 48.4 Å². The molecule has 25 heavy (non-hydrogen) atoms. The molecule has 0 spiro atoms. The largest absolute Gasteiger partial charge is 0.307 e. The van der Waals surface area contributed by atoms with Gasteiger partial charge in [-0.2, -0.15) is 0 Å². The molecule has 0 unspecified atom stereocenters. The Morgan fingerprint density at radius 1 is 1.08 bits per heavy atom. The van der Waals surface area contributed by atoms with Gasteiger partial charge < -0.3 is 4.90 Å². The highest BCUT2D eigenvalue weighted by Gasteiger charge is 2.29. The van der Waals surface area contributed by atoms with E-state index in [0.717, 1.165) is 17.5 Å². The zero-order chi connectivity index (χ0) is 17.6. The molecule has 1 atom stereocenters. The summed E-state index contributed by atoms with van der Waals surface area (Å²) in [5, 5.41) is 2.35. The molecule has 0 fully saturated rings. The SMILES string of the molecule is CC[C@@H]1c2ccc(C)cc2CN(C(C)=O)c2c1ccc1ccccc21. The van der Waals surface area contributed by atoms with E-state index in [1.165, 1.54) is 27.6 Å². The van der Waals surface area contributed by atoms with Crippen LogP contribution in [0, 0.1) is 6.92 Å². The van der Waals surface area contributed by atoms with Crippen molar-refractivity contribution in [3.05, 3.63) is 76.9 Å². The lowest BCUT2D eigenvalue weighted by molar-refractivity contribution is -0.116. The Kier molecular flexibility index (Phi) is 3.84. The summed E-state index contributed by atoms with van der Waals surface area (Å²) >= 11 is 0. The van der Waals surface area contributed by atoms with Crippen molar-refractivity contribution in [2.75, 3.05) is 4.90 Å². The number of nitrogens with zero attached hydrogens (tertiary/aromatic N) is 1. The first kappa shape index (κ1) is 15.9. The normalized spacial score (nSPS) is 16.3. The number of hydrogen-bond acceptors (Lipinski definition) is 1. The van der Waals surface area contributed by atoms with Gasteiger partial charge in [0.1, 0.15) is 0 Å². The Morgan fingerprint density at radius 2 is 1.84 bits per heavy atom. The number of carbonyl (C=O) groups is 1. The standard InChI is InChI=1S/C23H23NO/c1-4-19-20-11-9-15(2)13-18(20)14-24(16(3)25)23-21-8-6-5-7-17(21)10-12-22(19)23/h5-13,19H,4,14H2,1-3H3/t19-/m1/s1. The lowest BCUT2D eigenvalue weighted by Gasteiger charge is -2.25. The van der Waals surface area contributed by atoms with E-state index in [-0.39, 0.29) is 5.91 Å². The maximum atomic E-state index is 12.6. The van der Waals surface area contributed by atoms with Gasteiger partial charge in [-0.3, -0.25) is 4.79 Å². The third kappa shape index (κ3) is 2.53. The smallest absolute Gasteiger partial charge is 0.224 e. The molecule has 0 saturated heterocycles. The highest BCUT2D eigenvalue weighted by atomic mass is 16.2. The van der Waals surface area contributed by atoms with Crippen molar-refractivity contribution in [3.63, 3.8) is 0 Å². The Labute approximate surface area is 149 Å². The van der Waals surface area contributed by atoms with E-state index < -0.39 is 0 Å². The minimum Gasteiger partial charge on any atom is -0.307 e. The summed E-state index contributed by atoms with van der Waals surface area (Å²) in [6.07, 6.45) is 1.02. The summed E-state index contributed by atoms with van der Waals surface area (Å²) in [6, 6.07) is 19.5. The second kappa shape index (κ2) is 6.03. The van der Waals surface area contributed by atoms with E-state index in [2.05, 4.69) is 68.4 Å². The van der Waals surface area contributed by atoms with Gasteiger partial charge in [0.2, 0.25) is 5.91 Å². The van der Waals surface area contributed by atoms with Crippen LogP contribution in [0.15, 0.2) is 54.6 Å². The fraction of sp³-hybridized carbons (Fsp3) is 0.261. The Bertz CT molecular complexity index is 973. The zero-order valence-electron chi connectivity index (χ0n) is 15.0. The molecule has 2 nitrogen and oxygen atoms in total. The van der Waals surface area contributed by atoms with E-state index in [1.807, 2.05) is 4.90 Å². The van der Waals surface area contributed by atoms with E-state index in [9.17, 15) is 4.79 Å².